The average Bonchev–Trinajstić information content (AvgIpc) is 2.43. The lowest BCUT2D eigenvalue weighted by Gasteiger charge is -2.05. The van der Waals surface area contributed by atoms with E-state index in [0.29, 0.717) is 12.2 Å². The summed E-state index contributed by atoms with van der Waals surface area (Å²) in [4.78, 5) is 33.1. The van der Waals surface area contributed by atoms with E-state index in [9.17, 15) is 14.4 Å². The molecule has 0 aliphatic carbocycles. The van der Waals surface area contributed by atoms with Crippen LogP contribution in [0, 0.1) is 0 Å². The lowest BCUT2D eigenvalue weighted by atomic mass is 10.2. The Labute approximate surface area is 116 Å². The van der Waals surface area contributed by atoms with Crippen LogP contribution < -0.4 is 4.74 Å². The molecule has 0 aliphatic heterocycles. The number of carboxylic acid groups (broad SMARTS) is 1. The normalized spacial score (nSPS) is 9.85. The van der Waals surface area contributed by atoms with Crippen LogP contribution in [0.2, 0.25) is 0 Å². The second-order valence-corrected chi connectivity index (χ2v) is 4.03. The van der Waals surface area contributed by atoms with Crippen molar-refractivity contribution >= 4 is 17.9 Å². The minimum absolute atomic E-state index is 0.199. The molecule has 0 bridgehead atoms. The predicted molar refractivity (Wildman–Crippen MR) is 69.5 cm³/mol. The van der Waals surface area contributed by atoms with E-state index in [1.807, 2.05) is 6.92 Å². The topological polar surface area (TPSA) is 89.9 Å². The molecule has 0 spiro atoms. The van der Waals surface area contributed by atoms with Crippen LogP contribution >= 0.6 is 0 Å². The van der Waals surface area contributed by atoms with Crippen molar-refractivity contribution < 1.29 is 29.0 Å². The van der Waals surface area contributed by atoms with Crippen LogP contribution in [-0.2, 0) is 14.3 Å². The maximum absolute atomic E-state index is 11.5. The van der Waals surface area contributed by atoms with E-state index in [2.05, 4.69) is 0 Å². The number of rotatable bonds is 7. The summed E-state index contributed by atoms with van der Waals surface area (Å²) in [7, 11) is 0. The summed E-state index contributed by atoms with van der Waals surface area (Å²) in [5.41, 5.74) is 0.365. The Bertz CT molecular complexity index is 477. The first-order valence-corrected chi connectivity index (χ1v) is 6.22. The number of hydrogen-bond donors (Lipinski definition) is 1. The molecule has 0 radical (unpaired) electrons. The summed E-state index contributed by atoms with van der Waals surface area (Å²) in [6, 6.07) is 5.89. The van der Waals surface area contributed by atoms with Crippen molar-refractivity contribution in [1.29, 1.82) is 0 Å². The number of benzene rings is 1. The van der Waals surface area contributed by atoms with Gasteiger partial charge in [0.2, 0.25) is 0 Å². The van der Waals surface area contributed by atoms with Gasteiger partial charge >= 0.3 is 17.9 Å². The van der Waals surface area contributed by atoms with Crippen molar-refractivity contribution in [3.63, 3.8) is 0 Å². The molecule has 0 saturated carbocycles. The molecule has 0 atom stereocenters. The molecule has 0 saturated heterocycles. The molecule has 0 heterocycles. The third kappa shape index (κ3) is 5.51. The van der Waals surface area contributed by atoms with E-state index in [1.165, 1.54) is 24.3 Å². The van der Waals surface area contributed by atoms with Gasteiger partial charge in [-0.15, -0.1) is 0 Å². The molecule has 6 heteroatoms. The second-order valence-electron chi connectivity index (χ2n) is 4.03. The Balaban J connectivity index is 2.51. The molecule has 0 unspecified atom stereocenters. The van der Waals surface area contributed by atoms with Gasteiger partial charge < -0.3 is 14.6 Å². The summed E-state index contributed by atoms with van der Waals surface area (Å²) in [5.74, 6) is -1.87. The van der Waals surface area contributed by atoms with Gasteiger partial charge in [0, 0.05) is 0 Å². The van der Waals surface area contributed by atoms with Crippen molar-refractivity contribution in [2.24, 2.45) is 0 Å². The summed E-state index contributed by atoms with van der Waals surface area (Å²) < 4.78 is 9.88. The van der Waals surface area contributed by atoms with Crippen LogP contribution in [0.25, 0.3) is 0 Å². The maximum atomic E-state index is 11.5. The number of carboxylic acids is 1. The van der Waals surface area contributed by atoms with E-state index in [4.69, 9.17) is 14.6 Å². The Hall–Kier alpha value is -2.37. The van der Waals surface area contributed by atoms with Crippen molar-refractivity contribution in [1.82, 2.24) is 0 Å². The Kier molecular flexibility index (Phi) is 6.22. The van der Waals surface area contributed by atoms with E-state index in [0.717, 1.165) is 6.42 Å². The number of hydrogen-bond acceptors (Lipinski definition) is 5. The number of aliphatic carboxylic acids is 1. The number of ether oxygens (including phenoxy) is 2. The molecular weight excluding hydrogens is 264 g/mol. The molecule has 1 aromatic rings. The molecule has 1 aromatic carbocycles. The third-order valence-corrected chi connectivity index (χ3v) is 2.30. The maximum Gasteiger partial charge on any atom is 0.338 e. The fourth-order valence-corrected chi connectivity index (χ4v) is 1.33. The molecule has 0 aliphatic rings. The highest BCUT2D eigenvalue weighted by molar-refractivity contribution is 5.89. The van der Waals surface area contributed by atoms with Gasteiger partial charge in [0.15, 0.2) is 0 Å². The van der Waals surface area contributed by atoms with Gasteiger partial charge in [-0.05, 0) is 30.7 Å². The Morgan fingerprint density at radius 2 is 1.75 bits per heavy atom. The molecule has 1 N–H and O–H groups in total. The highest BCUT2D eigenvalue weighted by Crippen LogP contribution is 2.14. The molecule has 108 valence electrons. The Morgan fingerprint density at radius 1 is 1.10 bits per heavy atom. The fourth-order valence-electron chi connectivity index (χ4n) is 1.33. The van der Waals surface area contributed by atoms with Crippen LogP contribution in [0.4, 0.5) is 0 Å². The Morgan fingerprint density at radius 3 is 2.30 bits per heavy atom. The molecule has 0 amide bonds. The highest BCUT2D eigenvalue weighted by Gasteiger charge is 2.10. The zero-order valence-corrected chi connectivity index (χ0v) is 11.1. The number of esters is 2. The molecule has 20 heavy (non-hydrogen) atoms. The van der Waals surface area contributed by atoms with Crippen LogP contribution in [0.5, 0.6) is 5.75 Å². The first kappa shape index (κ1) is 15.7. The van der Waals surface area contributed by atoms with Crippen molar-refractivity contribution in [2.45, 2.75) is 26.2 Å². The number of carbonyl (C=O) groups excluding carboxylic acids is 2. The van der Waals surface area contributed by atoms with E-state index < -0.39 is 17.9 Å². The van der Waals surface area contributed by atoms with E-state index in [1.54, 1.807) is 0 Å². The zero-order chi connectivity index (χ0) is 15.0. The third-order valence-electron chi connectivity index (χ3n) is 2.30. The summed E-state index contributed by atoms with van der Waals surface area (Å²) in [6.45, 7) is 2.25. The van der Waals surface area contributed by atoms with Gasteiger partial charge in [0.1, 0.15) is 5.75 Å². The monoisotopic (exact) mass is 280 g/mol. The summed E-state index contributed by atoms with van der Waals surface area (Å²) >= 11 is 0. The summed E-state index contributed by atoms with van der Waals surface area (Å²) in [6.07, 6.45) is 0.265. The first-order chi connectivity index (χ1) is 9.52. The van der Waals surface area contributed by atoms with E-state index >= 15 is 0 Å². The van der Waals surface area contributed by atoms with Gasteiger partial charge in [-0.2, -0.15) is 0 Å². The van der Waals surface area contributed by atoms with Crippen molar-refractivity contribution in [3.05, 3.63) is 29.8 Å². The van der Waals surface area contributed by atoms with E-state index in [-0.39, 0.29) is 18.6 Å². The standard InChI is InChI=1S/C14H16O6/c1-2-9-19-14(18)10-3-5-11(6-4-10)20-13(17)8-7-12(15)16/h3-6H,2,7-9H2,1H3,(H,15,16). The van der Waals surface area contributed by atoms with Gasteiger partial charge in [0.25, 0.3) is 0 Å². The van der Waals surface area contributed by atoms with Gasteiger partial charge in [-0.25, -0.2) is 4.79 Å². The second kappa shape index (κ2) is 7.93. The van der Waals surface area contributed by atoms with Gasteiger partial charge in [-0.1, -0.05) is 6.92 Å². The van der Waals surface area contributed by atoms with Crippen LogP contribution in [0.15, 0.2) is 24.3 Å². The lowest BCUT2D eigenvalue weighted by molar-refractivity contribution is -0.142. The predicted octanol–water partition coefficient (Wildman–Crippen LogP) is 2.02. The van der Waals surface area contributed by atoms with Gasteiger partial charge in [-0.3, -0.25) is 9.59 Å². The van der Waals surface area contributed by atoms with Crippen molar-refractivity contribution in [2.75, 3.05) is 6.61 Å². The molecule has 0 fully saturated rings. The lowest BCUT2D eigenvalue weighted by Crippen LogP contribution is -2.10. The highest BCUT2D eigenvalue weighted by atomic mass is 16.5. The van der Waals surface area contributed by atoms with Crippen LogP contribution in [0.3, 0.4) is 0 Å². The van der Waals surface area contributed by atoms with Crippen molar-refractivity contribution in [3.8, 4) is 5.75 Å². The average molecular weight is 280 g/mol. The minimum atomic E-state index is -1.06. The van der Waals surface area contributed by atoms with Crippen LogP contribution in [-0.4, -0.2) is 29.6 Å². The molecule has 1 rings (SSSR count). The smallest absolute Gasteiger partial charge is 0.338 e. The fraction of sp³-hybridized carbons (Fsp3) is 0.357. The minimum Gasteiger partial charge on any atom is -0.481 e. The quantitative estimate of drug-likeness (QED) is 0.607. The molecule has 6 nitrogen and oxygen atoms in total. The van der Waals surface area contributed by atoms with Crippen LogP contribution in [0.1, 0.15) is 36.5 Å². The van der Waals surface area contributed by atoms with Gasteiger partial charge in [0.05, 0.1) is 25.0 Å². The summed E-state index contributed by atoms with van der Waals surface area (Å²) in [5, 5.41) is 8.44. The number of carbonyl (C=O) groups is 3. The first-order valence-electron chi connectivity index (χ1n) is 6.22. The molecular formula is C14H16O6. The SMILES string of the molecule is CCCOC(=O)c1ccc(OC(=O)CCC(=O)O)cc1. The molecule has 0 aromatic heterocycles. The zero-order valence-electron chi connectivity index (χ0n) is 11.1. The largest absolute Gasteiger partial charge is 0.481 e.